The molecule has 0 saturated heterocycles. The Morgan fingerprint density at radius 3 is 2.35 bits per heavy atom. The van der Waals surface area contributed by atoms with Gasteiger partial charge in [-0.25, -0.2) is 0 Å². The monoisotopic (exact) mass is 314 g/mol. The zero-order chi connectivity index (χ0) is 16.7. The predicted octanol–water partition coefficient (Wildman–Crippen LogP) is 3.11. The molecule has 0 aliphatic rings. The number of rotatable bonds is 8. The highest BCUT2D eigenvalue weighted by Crippen LogP contribution is 2.19. The molecule has 0 fully saturated rings. The van der Waals surface area contributed by atoms with Gasteiger partial charge in [-0.15, -0.1) is 0 Å². The Labute approximate surface area is 138 Å². The molecular weight excluding hydrogens is 288 g/mol. The van der Waals surface area contributed by atoms with Crippen LogP contribution in [0, 0.1) is 5.92 Å². The van der Waals surface area contributed by atoms with E-state index in [9.17, 15) is 5.11 Å². The van der Waals surface area contributed by atoms with Crippen LogP contribution in [0.4, 0.5) is 0 Å². The number of nitrogens with zero attached hydrogens (tertiary/aromatic N) is 2. The van der Waals surface area contributed by atoms with Gasteiger partial charge in [-0.3, -0.25) is 9.88 Å². The fourth-order valence-corrected chi connectivity index (χ4v) is 2.70. The molecule has 0 radical (unpaired) electrons. The van der Waals surface area contributed by atoms with Gasteiger partial charge in [0.15, 0.2) is 0 Å². The Bertz CT molecular complexity index is 570. The summed E-state index contributed by atoms with van der Waals surface area (Å²) >= 11 is 0. The van der Waals surface area contributed by atoms with Gasteiger partial charge < -0.3 is 9.84 Å². The van der Waals surface area contributed by atoms with Crippen LogP contribution < -0.4 is 4.74 Å². The van der Waals surface area contributed by atoms with Crippen LogP contribution in [0.3, 0.4) is 0 Å². The van der Waals surface area contributed by atoms with Gasteiger partial charge in [-0.05, 0) is 35.7 Å². The van der Waals surface area contributed by atoms with Crippen molar-refractivity contribution >= 4 is 0 Å². The maximum Gasteiger partial charge on any atom is 0.118 e. The van der Waals surface area contributed by atoms with E-state index >= 15 is 0 Å². The largest absolute Gasteiger partial charge is 0.497 e. The van der Waals surface area contributed by atoms with Gasteiger partial charge in [-0.1, -0.05) is 32.0 Å². The van der Waals surface area contributed by atoms with Crippen LogP contribution in [-0.2, 0) is 13.1 Å². The van der Waals surface area contributed by atoms with Crippen molar-refractivity contribution in [2.45, 2.75) is 33.0 Å². The highest BCUT2D eigenvalue weighted by molar-refractivity contribution is 5.27. The van der Waals surface area contributed by atoms with Gasteiger partial charge in [-0.2, -0.15) is 0 Å². The van der Waals surface area contributed by atoms with Gasteiger partial charge in [0.2, 0.25) is 0 Å². The van der Waals surface area contributed by atoms with Crippen molar-refractivity contribution in [1.29, 1.82) is 0 Å². The molecule has 1 N–H and O–H groups in total. The van der Waals surface area contributed by atoms with E-state index in [-0.39, 0.29) is 12.6 Å². The molecule has 1 atom stereocenters. The molecule has 4 heteroatoms. The second-order valence-electron chi connectivity index (χ2n) is 6.07. The van der Waals surface area contributed by atoms with Crippen molar-refractivity contribution < 1.29 is 9.84 Å². The first-order valence-corrected chi connectivity index (χ1v) is 8.01. The summed E-state index contributed by atoms with van der Waals surface area (Å²) in [7, 11) is 1.67. The van der Waals surface area contributed by atoms with Crippen LogP contribution in [0.25, 0.3) is 0 Å². The molecule has 0 aliphatic heterocycles. The first-order chi connectivity index (χ1) is 11.1. The lowest BCUT2D eigenvalue weighted by atomic mass is 10.0. The van der Waals surface area contributed by atoms with Crippen LogP contribution in [0.1, 0.15) is 25.1 Å². The molecule has 124 valence electrons. The maximum atomic E-state index is 9.82. The third kappa shape index (κ3) is 5.05. The average molecular weight is 314 g/mol. The molecule has 23 heavy (non-hydrogen) atoms. The smallest absolute Gasteiger partial charge is 0.118 e. The number of pyridine rings is 1. The molecule has 2 rings (SSSR count). The average Bonchev–Trinajstić information content (AvgIpc) is 2.56. The van der Waals surface area contributed by atoms with Crippen molar-refractivity contribution in [1.82, 2.24) is 9.88 Å². The normalized spacial score (nSPS) is 12.6. The molecule has 2 aromatic rings. The maximum absolute atomic E-state index is 9.82. The van der Waals surface area contributed by atoms with E-state index in [4.69, 9.17) is 4.74 Å². The van der Waals surface area contributed by atoms with E-state index in [0.29, 0.717) is 5.92 Å². The Morgan fingerprint density at radius 1 is 1.09 bits per heavy atom. The molecule has 0 bridgehead atoms. The number of aliphatic hydroxyl groups excluding tert-OH is 1. The summed E-state index contributed by atoms with van der Waals surface area (Å²) in [5.41, 5.74) is 2.21. The molecule has 1 aromatic heterocycles. The zero-order valence-electron chi connectivity index (χ0n) is 14.1. The molecule has 1 aromatic carbocycles. The molecule has 0 aliphatic carbocycles. The first kappa shape index (κ1) is 17.4. The number of hydrogen-bond donors (Lipinski definition) is 1. The lowest BCUT2D eigenvalue weighted by molar-refractivity contribution is 0.0774. The minimum Gasteiger partial charge on any atom is -0.497 e. The van der Waals surface area contributed by atoms with Crippen molar-refractivity contribution in [3.8, 4) is 5.75 Å². The highest BCUT2D eigenvalue weighted by Gasteiger charge is 2.22. The van der Waals surface area contributed by atoms with E-state index in [1.165, 1.54) is 5.56 Å². The van der Waals surface area contributed by atoms with Crippen LogP contribution in [0.15, 0.2) is 48.7 Å². The van der Waals surface area contributed by atoms with Crippen molar-refractivity contribution in [2.75, 3.05) is 13.7 Å². The summed E-state index contributed by atoms with van der Waals surface area (Å²) < 4.78 is 5.21. The Morgan fingerprint density at radius 2 is 1.83 bits per heavy atom. The topological polar surface area (TPSA) is 45.6 Å². The Balaban J connectivity index is 2.17. The summed E-state index contributed by atoms with van der Waals surface area (Å²) in [4.78, 5) is 6.71. The van der Waals surface area contributed by atoms with Crippen molar-refractivity contribution in [2.24, 2.45) is 5.92 Å². The van der Waals surface area contributed by atoms with E-state index < -0.39 is 0 Å². The predicted molar refractivity (Wildman–Crippen MR) is 92.2 cm³/mol. The first-order valence-electron chi connectivity index (χ1n) is 8.01. The van der Waals surface area contributed by atoms with Crippen LogP contribution in [0.5, 0.6) is 5.75 Å². The fraction of sp³-hybridized carbons (Fsp3) is 0.421. The molecule has 0 unspecified atom stereocenters. The minimum atomic E-state index is 0.0964. The SMILES string of the molecule is COc1ccc(CN(Cc2ccccn2)[C@H](CO)C(C)C)cc1. The van der Waals surface area contributed by atoms with Gasteiger partial charge in [0.1, 0.15) is 5.75 Å². The van der Waals surface area contributed by atoms with E-state index in [1.54, 1.807) is 7.11 Å². The van der Waals surface area contributed by atoms with Crippen molar-refractivity contribution in [3.05, 3.63) is 59.9 Å². The number of aromatic nitrogens is 1. The second kappa shape index (κ2) is 8.65. The summed E-state index contributed by atoms with van der Waals surface area (Å²) in [6.07, 6.45) is 1.81. The van der Waals surface area contributed by atoms with E-state index in [1.807, 2.05) is 36.5 Å². The zero-order valence-corrected chi connectivity index (χ0v) is 14.1. The third-order valence-corrected chi connectivity index (χ3v) is 4.06. The quantitative estimate of drug-likeness (QED) is 0.813. The van der Waals surface area contributed by atoms with Crippen LogP contribution in [-0.4, -0.2) is 34.7 Å². The van der Waals surface area contributed by atoms with Gasteiger partial charge in [0.05, 0.1) is 19.4 Å². The highest BCUT2D eigenvalue weighted by atomic mass is 16.5. The molecule has 0 amide bonds. The molecule has 1 heterocycles. The number of aliphatic hydroxyl groups is 1. The van der Waals surface area contributed by atoms with Crippen LogP contribution >= 0.6 is 0 Å². The fourth-order valence-electron chi connectivity index (χ4n) is 2.70. The molecule has 4 nitrogen and oxygen atoms in total. The minimum absolute atomic E-state index is 0.0964. The number of methoxy groups -OCH3 is 1. The lowest BCUT2D eigenvalue weighted by Crippen LogP contribution is -2.40. The number of hydrogen-bond acceptors (Lipinski definition) is 4. The van der Waals surface area contributed by atoms with Gasteiger partial charge in [0.25, 0.3) is 0 Å². The van der Waals surface area contributed by atoms with E-state index in [0.717, 1.165) is 24.5 Å². The summed E-state index contributed by atoms with van der Waals surface area (Å²) in [5.74, 6) is 1.22. The summed E-state index contributed by atoms with van der Waals surface area (Å²) in [6.45, 7) is 5.90. The van der Waals surface area contributed by atoms with Gasteiger partial charge in [0, 0.05) is 25.3 Å². The standard InChI is InChI=1S/C19H26N2O2/c1-15(2)19(14-22)21(13-17-6-4-5-11-20-17)12-16-7-9-18(23-3)10-8-16/h4-11,15,19,22H,12-14H2,1-3H3/t19-/m1/s1. The Kier molecular flexibility index (Phi) is 6.56. The third-order valence-electron chi connectivity index (χ3n) is 4.06. The van der Waals surface area contributed by atoms with Gasteiger partial charge >= 0.3 is 0 Å². The van der Waals surface area contributed by atoms with Crippen LogP contribution in [0.2, 0.25) is 0 Å². The summed E-state index contributed by atoms with van der Waals surface area (Å²) in [5, 5.41) is 9.82. The molecule has 0 spiro atoms. The van der Waals surface area contributed by atoms with E-state index in [2.05, 4.69) is 35.9 Å². The molecule has 0 saturated carbocycles. The lowest BCUT2D eigenvalue weighted by Gasteiger charge is -2.33. The molecular formula is C19H26N2O2. The van der Waals surface area contributed by atoms with Crippen molar-refractivity contribution in [3.63, 3.8) is 0 Å². The Hall–Kier alpha value is -1.91. The number of benzene rings is 1. The summed E-state index contributed by atoms with van der Waals surface area (Å²) in [6, 6.07) is 14.1. The second-order valence-corrected chi connectivity index (χ2v) is 6.07. The number of ether oxygens (including phenoxy) is 1.